The molecule has 10 nitrogen and oxygen atoms in total. The van der Waals surface area contributed by atoms with E-state index in [1.54, 1.807) is 30.5 Å². The lowest BCUT2D eigenvalue weighted by Gasteiger charge is -2.47. The van der Waals surface area contributed by atoms with E-state index in [-0.39, 0.29) is 24.3 Å². The Balaban J connectivity index is 1.65. The number of likely N-dealkylation sites (N-methyl/N-ethyl adjacent to an activating group) is 2. The second-order valence-corrected chi connectivity index (χ2v) is 8.04. The number of aromatic hydroxyl groups is 1. The fourth-order valence-electron chi connectivity index (χ4n) is 4.31. The number of carbonyl (C=O) groups excluding carboxylic acids is 2. The van der Waals surface area contributed by atoms with Crippen molar-refractivity contribution in [3.05, 3.63) is 65.0 Å². The molecular formula is C22H24N4O6. The molecule has 3 atom stereocenters. The normalized spacial score (nSPS) is 22.6. The first-order valence-electron chi connectivity index (χ1n) is 10.0. The van der Waals surface area contributed by atoms with Crippen molar-refractivity contribution in [1.82, 2.24) is 14.8 Å². The van der Waals surface area contributed by atoms with Crippen LogP contribution in [0.15, 0.2) is 48.7 Å². The third-order valence-electron chi connectivity index (χ3n) is 6.09. The van der Waals surface area contributed by atoms with Crippen molar-refractivity contribution in [2.24, 2.45) is 0 Å². The molecule has 2 amide bonds. The number of amides is 2. The standard InChI is InChI=1S/C22H24N4O6/c1-24-18(10-14-12-23-16-7-4-8-17(19(14)16)26(31)32)20(28)25(2)22(30,21(24)29)11-13-5-3-6-15(27)9-13/h3-9,12,18,23,26-27,30-31H,10-11H2,1-2H3. The molecule has 1 aliphatic rings. The van der Waals surface area contributed by atoms with Crippen LogP contribution in [0.3, 0.4) is 0 Å². The van der Waals surface area contributed by atoms with Crippen molar-refractivity contribution in [1.29, 1.82) is 0 Å². The highest BCUT2D eigenvalue weighted by molar-refractivity contribution is 5.99. The van der Waals surface area contributed by atoms with Gasteiger partial charge in [-0.15, -0.1) is 0 Å². The van der Waals surface area contributed by atoms with Gasteiger partial charge >= 0.3 is 0 Å². The van der Waals surface area contributed by atoms with Gasteiger partial charge in [0.25, 0.3) is 5.91 Å². The van der Waals surface area contributed by atoms with E-state index in [0.717, 1.165) is 4.90 Å². The lowest BCUT2D eigenvalue weighted by molar-refractivity contribution is -0.990. The number of nitrogens with zero attached hydrogens (tertiary/aromatic N) is 2. The molecule has 1 fully saturated rings. The van der Waals surface area contributed by atoms with Crippen LogP contribution in [0.4, 0.5) is 5.69 Å². The molecule has 10 heteroatoms. The average molecular weight is 440 g/mol. The Bertz CT molecular complexity index is 1190. The zero-order valence-electron chi connectivity index (χ0n) is 17.6. The first-order chi connectivity index (χ1) is 15.1. The molecule has 1 saturated heterocycles. The maximum atomic E-state index is 13.2. The number of aromatic nitrogens is 1. The number of piperazine rings is 1. The number of hydrogen-bond donors (Lipinski definition) is 5. The molecule has 3 aromatic rings. The highest BCUT2D eigenvalue weighted by Crippen LogP contribution is 2.31. The van der Waals surface area contributed by atoms with Gasteiger partial charge in [0.15, 0.2) is 5.69 Å². The first-order valence-corrected chi connectivity index (χ1v) is 10.0. The van der Waals surface area contributed by atoms with Crippen LogP contribution >= 0.6 is 0 Å². The van der Waals surface area contributed by atoms with Gasteiger partial charge in [-0.1, -0.05) is 18.2 Å². The van der Waals surface area contributed by atoms with Gasteiger partial charge in [-0.25, -0.2) is 5.21 Å². The minimum absolute atomic E-state index is 0.0110. The number of benzene rings is 2. The Morgan fingerprint density at radius 1 is 1.19 bits per heavy atom. The van der Waals surface area contributed by atoms with Crippen LogP contribution in [-0.4, -0.2) is 67.9 Å². The highest BCUT2D eigenvalue weighted by atomic mass is 16.8. The van der Waals surface area contributed by atoms with Gasteiger partial charge in [0.1, 0.15) is 11.8 Å². The first kappa shape index (κ1) is 21.8. The monoisotopic (exact) mass is 440 g/mol. The van der Waals surface area contributed by atoms with Gasteiger partial charge in [0.05, 0.1) is 10.9 Å². The molecule has 0 bridgehead atoms. The average Bonchev–Trinajstić information content (AvgIpc) is 3.17. The third-order valence-corrected chi connectivity index (χ3v) is 6.09. The van der Waals surface area contributed by atoms with Gasteiger partial charge in [0, 0.05) is 39.2 Å². The van der Waals surface area contributed by atoms with Crippen LogP contribution in [0.5, 0.6) is 5.75 Å². The highest BCUT2D eigenvalue weighted by Gasteiger charge is 2.53. The van der Waals surface area contributed by atoms with Gasteiger partial charge in [0.2, 0.25) is 11.6 Å². The van der Waals surface area contributed by atoms with Gasteiger partial charge in [-0.05, 0) is 29.3 Å². The van der Waals surface area contributed by atoms with Crippen molar-refractivity contribution in [2.45, 2.75) is 24.6 Å². The number of H-pyrrole nitrogens is 1. The molecule has 5 N–H and O–H groups in total. The summed E-state index contributed by atoms with van der Waals surface area (Å²) in [6.07, 6.45) is 1.53. The van der Waals surface area contributed by atoms with Crippen molar-refractivity contribution < 1.29 is 30.2 Å². The molecule has 0 aliphatic carbocycles. The summed E-state index contributed by atoms with van der Waals surface area (Å²) in [4.78, 5) is 31.7. The predicted octanol–water partition coefficient (Wildman–Crippen LogP) is 0.0497. The number of nitrogens with one attached hydrogen (secondary N) is 2. The number of quaternary nitrogens is 1. The van der Waals surface area contributed by atoms with E-state index in [1.807, 2.05) is 0 Å². The molecule has 2 heterocycles. The summed E-state index contributed by atoms with van der Waals surface area (Å²) < 4.78 is 0. The summed E-state index contributed by atoms with van der Waals surface area (Å²) >= 11 is 0. The summed E-state index contributed by atoms with van der Waals surface area (Å²) in [7, 11) is 2.80. The second kappa shape index (κ2) is 7.92. The van der Waals surface area contributed by atoms with Crippen LogP contribution in [0.1, 0.15) is 11.1 Å². The number of hydrogen-bond acceptors (Lipinski definition) is 6. The largest absolute Gasteiger partial charge is 0.595 e. The number of fused-ring (bicyclic) bond motifs is 1. The van der Waals surface area contributed by atoms with Crippen LogP contribution in [0.2, 0.25) is 0 Å². The topological polar surface area (TPSA) is 145 Å². The number of carbonyl (C=O) groups is 2. The molecule has 2 aromatic carbocycles. The van der Waals surface area contributed by atoms with Gasteiger partial charge in [-0.2, -0.15) is 5.23 Å². The number of aliphatic hydroxyl groups is 1. The zero-order valence-corrected chi connectivity index (χ0v) is 17.6. The quantitative estimate of drug-likeness (QED) is 0.355. The van der Waals surface area contributed by atoms with Crippen molar-refractivity contribution >= 4 is 28.4 Å². The molecule has 1 aliphatic heterocycles. The van der Waals surface area contributed by atoms with E-state index >= 15 is 0 Å². The van der Waals surface area contributed by atoms with E-state index in [0.29, 0.717) is 22.0 Å². The minimum Gasteiger partial charge on any atom is -0.595 e. The summed E-state index contributed by atoms with van der Waals surface area (Å²) in [5, 5.41) is 41.5. The Hall–Kier alpha value is -3.44. The molecule has 3 unspecified atom stereocenters. The van der Waals surface area contributed by atoms with Gasteiger partial charge in [-0.3, -0.25) is 9.59 Å². The molecule has 168 valence electrons. The number of phenolic OH excluding ortho intramolecular Hbond substituents is 1. The lowest BCUT2D eigenvalue weighted by Crippen LogP contribution is -2.99. The molecule has 1 aromatic heterocycles. The van der Waals surface area contributed by atoms with Crippen LogP contribution < -0.4 is 5.23 Å². The molecule has 0 spiro atoms. The summed E-state index contributed by atoms with van der Waals surface area (Å²) in [6.45, 7) is 0. The Morgan fingerprint density at radius 2 is 1.91 bits per heavy atom. The smallest absolute Gasteiger partial charge is 0.276 e. The van der Waals surface area contributed by atoms with Crippen LogP contribution in [-0.2, 0) is 22.4 Å². The maximum Gasteiger partial charge on any atom is 0.276 e. The van der Waals surface area contributed by atoms with E-state index < -0.39 is 28.8 Å². The lowest BCUT2D eigenvalue weighted by atomic mass is 9.92. The Morgan fingerprint density at radius 3 is 2.59 bits per heavy atom. The molecule has 0 saturated carbocycles. The number of phenols is 1. The molecule has 4 rings (SSSR count). The second-order valence-electron chi connectivity index (χ2n) is 8.04. The summed E-state index contributed by atoms with van der Waals surface area (Å²) in [5.41, 5.74) is -0.309. The number of aromatic amines is 1. The van der Waals surface area contributed by atoms with Crippen molar-refractivity contribution in [3.8, 4) is 5.75 Å². The van der Waals surface area contributed by atoms with Crippen LogP contribution in [0, 0.1) is 5.21 Å². The molecule has 0 radical (unpaired) electrons. The van der Waals surface area contributed by atoms with Crippen molar-refractivity contribution in [2.75, 3.05) is 14.1 Å². The summed E-state index contributed by atoms with van der Waals surface area (Å²) in [5.74, 6) is -1.15. The molecular weight excluding hydrogens is 416 g/mol. The Labute approximate surface area is 183 Å². The van der Waals surface area contributed by atoms with E-state index in [4.69, 9.17) is 0 Å². The summed E-state index contributed by atoms with van der Waals surface area (Å²) in [6, 6.07) is 10.1. The minimum atomic E-state index is -2.11. The fourth-order valence-corrected chi connectivity index (χ4v) is 4.31. The van der Waals surface area contributed by atoms with Crippen molar-refractivity contribution in [3.63, 3.8) is 0 Å². The van der Waals surface area contributed by atoms with E-state index in [9.17, 15) is 30.2 Å². The number of rotatable bonds is 5. The van der Waals surface area contributed by atoms with E-state index in [1.165, 1.54) is 37.2 Å². The zero-order chi connectivity index (χ0) is 23.2. The SMILES string of the molecule is CN1C(=O)C(O)(Cc2cccc(O)c2)N(C)C(=O)C1Cc1c[nH]c2cccc([NH+]([O-])O)c12. The fraction of sp³-hybridized carbons (Fsp3) is 0.273. The Kier molecular flexibility index (Phi) is 5.39. The maximum absolute atomic E-state index is 13.2. The predicted molar refractivity (Wildman–Crippen MR) is 114 cm³/mol. The van der Waals surface area contributed by atoms with E-state index in [2.05, 4.69) is 4.98 Å². The third kappa shape index (κ3) is 3.49. The molecule has 32 heavy (non-hydrogen) atoms. The van der Waals surface area contributed by atoms with Gasteiger partial charge < -0.3 is 30.2 Å². The van der Waals surface area contributed by atoms with Crippen LogP contribution in [0.25, 0.3) is 10.9 Å².